The summed E-state index contributed by atoms with van der Waals surface area (Å²) in [4.78, 5) is 9.99. The Bertz CT molecular complexity index is 327. The van der Waals surface area contributed by atoms with E-state index in [1.54, 1.807) is 4.90 Å². The third-order valence-corrected chi connectivity index (χ3v) is 2.27. The highest BCUT2D eigenvalue weighted by atomic mass is 35.5. The van der Waals surface area contributed by atoms with Crippen molar-refractivity contribution >= 4 is 35.0 Å². The number of halogens is 2. The summed E-state index contributed by atoms with van der Waals surface area (Å²) in [6.07, 6.45) is 0. The van der Waals surface area contributed by atoms with Gasteiger partial charge in [0.15, 0.2) is 11.0 Å². The maximum Gasteiger partial charge on any atom is 0.226 e. The van der Waals surface area contributed by atoms with Crippen molar-refractivity contribution in [1.82, 2.24) is 9.97 Å². The minimum atomic E-state index is 0.265. The molecule has 0 aliphatic carbocycles. The molecule has 0 aliphatic heterocycles. The lowest BCUT2D eigenvalue weighted by atomic mass is 10.5. The quantitative estimate of drug-likeness (QED) is 0.816. The van der Waals surface area contributed by atoms with E-state index in [-0.39, 0.29) is 5.15 Å². The third-order valence-electron chi connectivity index (χ3n) is 1.55. The highest BCUT2D eigenvalue weighted by Gasteiger charge is 2.11. The van der Waals surface area contributed by atoms with Crippen molar-refractivity contribution in [1.29, 1.82) is 0 Å². The molecule has 1 aromatic rings. The van der Waals surface area contributed by atoms with Crippen molar-refractivity contribution in [3.63, 3.8) is 0 Å². The molecular weight excluding hydrogens is 223 g/mol. The summed E-state index contributed by atoms with van der Waals surface area (Å²) in [5.74, 6) is 1.10. The Balaban J connectivity index is 3.14. The molecule has 1 N–H and O–H groups in total. The van der Waals surface area contributed by atoms with Gasteiger partial charge in [-0.2, -0.15) is 9.97 Å². The van der Waals surface area contributed by atoms with Crippen LogP contribution >= 0.6 is 23.2 Å². The lowest BCUT2D eigenvalue weighted by molar-refractivity contribution is 1.02. The first-order valence-electron chi connectivity index (χ1n) is 4.20. The van der Waals surface area contributed by atoms with E-state index in [0.29, 0.717) is 16.8 Å². The van der Waals surface area contributed by atoms with E-state index in [1.165, 1.54) is 0 Å². The van der Waals surface area contributed by atoms with Crippen molar-refractivity contribution in [3.05, 3.63) is 10.2 Å². The summed E-state index contributed by atoms with van der Waals surface area (Å²) in [7, 11) is 3.69. The van der Waals surface area contributed by atoms with Crippen molar-refractivity contribution in [2.24, 2.45) is 0 Å². The van der Waals surface area contributed by atoms with Crippen LogP contribution in [0.15, 0.2) is 0 Å². The molecule has 0 amide bonds. The number of nitrogens with one attached hydrogen (secondary N) is 1. The highest BCUT2D eigenvalue weighted by Crippen LogP contribution is 2.29. The molecule has 1 rings (SSSR count). The Morgan fingerprint density at radius 1 is 1.29 bits per heavy atom. The summed E-state index contributed by atoms with van der Waals surface area (Å²) < 4.78 is 0. The van der Waals surface area contributed by atoms with E-state index in [4.69, 9.17) is 23.2 Å². The number of rotatable bonds is 3. The smallest absolute Gasteiger partial charge is 0.226 e. The van der Waals surface area contributed by atoms with Crippen LogP contribution in [0.5, 0.6) is 0 Å². The Morgan fingerprint density at radius 3 is 2.43 bits per heavy atom. The van der Waals surface area contributed by atoms with E-state index in [2.05, 4.69) is 15.3 Å². The number of hydrogen-bond acceptors (Lipinski definition) is 4. The fourth-order valence-corrected chi connectivity index (χ4v) is 1.36. The first kappa shape index (κ1) is 11.3. The van der Waals surface area contributed by atoms with Gasteiger partial charge in [-0.25, -0.2) is 0 Å². The summed E-state index contributed by atoms with van der Waals surface area (Å²) in [5.41, 5.74) is 0. The molecular formula is C8H12Cl2N4. The molecule has 0 saturated heterocycles. The fraction of sp³-hybridized carbons (Fsp3) is 0.500. The van der Waals surface area contributed by atoms with Crippen LogP contribution in [0.1, 0.15) is 6.92 Å². The van der Waals surface area contributed by atoms with Gasteiger partial charge in [0.05, 0.1) is 0 Å². The second-order valence-corrected chi connectivity index (χ2v) is 3.64. The molecule has 0 aliphatic rings. The van der Waals surface area contributed by atoms with E-state index in [9.17, 15) is 0 Å². The van der Waals surface area contributed by atoms with Gasteiger partial charge < -0.3 is 10.2 Å². The second kappa shape index (κ2) is 4.66. The number of nitrogens with zero attached hydrogens (tertiary/aromatic N) is 3. The Morgan fingerprint density at radius 2 is 1.93 bits per heavy atom. The van der Waals surface area contributed by atoms with Crippen LogP contribution in [0.2, 0.25) is 10.2 Å². The summed E-state index contributed by atoms with van der Waals surface area (Å²) in [5, 5.41) is 3.62. The van der Waals surface area contributed by atoms with Gasteiger partial charge in [-0.3, -0.25) is 0 Å². The summed E-state index contributed by atoms with van der Waals surface area (Å²) >= 11 is 11.8. The molecule has 0 unspecified atom stereocenters. The topological polar surface area (TPSA) is 41.1 Å². The minimum absolute atomic E-state index is 0.265. The van der Waals surface area contributed by atoms with Gasteiger partial charge >= 0.3 is 0 Å². The first-order valence-corrected chi connectivity index (χ1v) is 4.96. The maximum absolute atomic E-state index is 5.93. The largest absolute Gasteiger partial charge is 0.361 e. The predicted molar refractivity (Wildman–Crippen MR) is 60.5 cm³/mol. The van der Waals surface area contributed by atoms with Gasteiger partial charge in [0.1, 0.15) is 5.02 Å². The molecule has 0 spiro atoms. The van der Waals surface area contributed by atoms with Crippen LogP contribution in [-0.4, -0.2) is 30.6 Å². The van der Waals surface area contributed by atoms with E-state index in [0.717, 1.165) is 6.54 Å². The molecule has 0 atom stereocenters. The molecule has 0 saturated carbocycles. The number of anilines is 2. The zero-order chi connectivity index (χ0) is 10.7. The number of hydrogen-bond donors (Lipinski definition) is 1. The van der Waals surface area contributed by atoms with Crippen LogP contribution in [0.4, 0.5) is 11.8 Å². The predicted octanol–water partition coefficient (Wildman–Crippen LogP) is 2.28. The Hall–Kier alpha value is -0.740. The molecule has 0 bridgehead atoms. The van der Waals surface area contributed by atoms with Crippen molar-refractivity contribution in [2.45, 2.75) is 6.92 Å². The van der Waals surface area contributed by atoms with E-state index in [1.807, 2.05) is 21.0 Å². The maximum atomic E-state index is 5.93. The molecule has 1 heterocycles. The van der Waals surface area contributed by atoms with Gasteiger partial charge in [-0.15, -0.1) is 0 Å². The standard InChI is InChI=1S/C8H12Cl2N4/c1-4-11-8-12-6(10)5(9)7(13-8)14(2)3/h4H2,1-3H3,(H,11,12,13). The third kappa shape index (κ3) is 2.39. The van der Waals surface area contributed by atoms with E-state index >= 15 is 0 Å². The first-order chi connectivity index (χ1) is 6.56. The van der Waals surface area contributed by atoms with Gasteiger partial charge in [-0.1, -0.05) is 23.2 Å². The van der Waals surface area contributed by atoms with Crippen LogP contribution < -0.4 is 10.2 Å². The van der Waals surface area contributed by atoms with Gasteiger partial charge in [0.25, 0.3) is 0 Å². The molecule has 0 radical (unpaired) electrons. The van der Waals surface area contributed by atoms with Crippen LogP contribution in [0.25, 0.3) is 0 Å². The Kier molecular flexibility index (Phi) is 3.77. The van der Waals surface area contributed by atoms with E-state index < -0.39 is 0 Å². The molecule has 4 nitrogen and oxygen atoms in total. The lowest BCUT2D eigenvalue weighted by Gasteiger charge is -2.14. The zero-order valence-electron chi connectivity index (χ0n) is 8.30. The van der Waals surface area contributed by atoms with Crippen LogP contribution in [0, 0.1) is 0 Å². The average molecular weight is 235 g/mol. The number of aromatic nitrogens is 2. The average Bonchev–Trinajstić information content (AvgIpc) is 2.11. The highest BCUT2D eigenvalue weighted by molar-refractivity contribution is 6.42. The van der Waals surface area contributed by atoms with Gasteiger partial charge in [0.2, 0.25) is 5.95 Å². The summed E-state index contributed by atoms with van der Waals surface area (Å²) in [6.45, 7) is 2.70. The molecule has 0 fully saturated rings. The lowest BCUT2D eigenvalue weighted by Crippen LogP contribution is -2.14. The molecule has 6 heteroatoms. The minimum Gasteiger partial charge on any atom is -0.361 e. The van der Waals surface area contributed by atoms with Crippen LogP contribution in [0.3, 0.4) is 0 Å². The second-order valence-electron chi connectivity index (χ2n) is 2.90. The normalized spacial score (nSPS) is 10.1. The summed E-state index contributed by atoms with van der Waals surface area (Å²) in [6, 6.07) is 0. The van der Waals surface area contributed by atoms with Crippen molar-refractivity contribution in [3.8, 4) is 0 Å². The molecule has 0 aromatic carbocycles. The van der Waals surface area contributed by atoms with Crippen molar-refractivity contribution in [2.75, 3.05) is 30.9 Å². The van der Waals surface area contributed by atoms with Gasteiger partial charge in [-0.05, 0) is 6.92 Å². The SMILES string of the molecule is CCNc1nc(Cl)c(Cl)c(N(C)C)n1. The van der Waals surface area contributed by atoms with Gasteiger partial charge in [0, 0.05) is 20.6 Å². The Labute approximate surface area is 93.2 Å². The monoisotopic (exact) mass is 234 g/mol. The molecule has 14 heavy (non-hydrogen) atoms. The zero-order valence-corrected chi connectivity index (χ0v) is 9.82. The van der Waals surface area contributed by atoms with Crippen LogP contribution in [-0.2, 0) is 0 Å². The molecule has 1 aromatic heterocycles. The fourth-order valence-electron chi connectivity index (χ4n) is 0.942. The molecule has 78 valence electrons. The van der Waals surface area contributed by atoms with Crippen molar-refractivity contribution < 1.29 is 0 Å².